The summed E-state index contributed by atoms with van der Waals surface area (Å²) in [5.74, 6) is 0.830. The number of piperazine rings is 1. The van der Waals surface area contributed by atoms with Crippen LogP contribution in [0.5, 0.6) is 0 Å². The van der Waals surface area contributed by atoms with Crippen LogP contribution >= 0.6 is 11.5 Å². The third kappa shape index (κ3) is 4.75. The molecule has 0 unspecified atom stereocenters. The highest BCUT2D eigenvalue weighted by Gasteiger charge is 2.23. The highest BCUT2D eigenvalue weighted by molar-refractivity contribution is 7.09. The summed E-state index contributed by atoms with van der Waals surface area (Å²) in [5.41, 5.74) is 3.60. The van der Waals surface area contributed by atoms with Crippen LogP contribution in [0.3, 0.4) is 0 Å². The van der Waals surface area contributed by atoms with E-state index in [4.69, 9.17) is 10.2 Å². The molecule has 8 heteroatoms. The first-order chi connectivity index (χ1) is 14.6. The molecular formula is C22H22N6OS. The Kier molecular flexibility index (Phi) is 5.91. The van der Waals surface area contributed by atoms with Crippen molar-refractivity contribution in [2.45, 2.75) is 13.3 Å². The van der Waals surface area contributed by atoms with Gasteiger partial charge in [0.1, 0.15) is 5.82 Å². The zero-order valence-electron chi connectivity index (χ0n) is 16.7. The molecule has 0 spiro atoms. The summed E-state index contributed by atoms with van der Waals surface area (Å²) in [6.45, 7) is 4.72. The lowest BCUT2D eigenvalue weighted by atomic mass is 10.1. The van der Waals surface area contributed by atoms with Gasteiger partial charge in [-0.3, -0.25) is 0 Å². The molecule has 7 nitrogen and oxygen atoms in total. The summed E-state index contributed by atoms with van der Waals surface area (Å²) < 4.78 is 4.51. The molecule has 0 bridgehead atoms. The van der Waals surface area contributed by atoms with Gasteiger partial charge in [-0.05, 0) is 30.7 Å². The van der Waals surface area contributed by atoms with E-state index in [1.807, 2.05) is 0 Å². The Morgan fingerprint density at radius 1 is 1.17 bits per heavy atom. The van der Waals surface area contributed by atoms with Crippen molar-refractivity contribution in [3.05, 3.63) is 71.0 Å². The lowest BCUT2D eigenvalue weighted by molar-refractivity contribution is 0.208. The van der Waals surface area contributed by atoms with Gasteiger partial charge >= 0.3 is 6.03 Å². The van der Waals surface area contributed by atoms with Crippen LogP contribution in [0, 0.1) is 18.3 Å². The maximum absolute atomic E-state index is 12.5. The van der Waals surface area contributed by atoms with E-state index < -0.39 is 0 Å². The minimum atomic E-state index is -0.151. The average Bonchev–Trinajstić information content (AvgIpc) is 3.24. The molecule has 0 atom stereocenters. The molecule has 0 radical (unpaired) electrons. The first kappa shape index (κ1) is 19.9. The number of amides is 2. The van der Waals surface area contributed by atoms with Gasteiger partial charge < -0.3 is 15.1 Å². The van der Waals surface area contributed by atoms with Crippen molar-refractivity contribution in [3.63, 3.8) is 0 Å². The summed E-state index contributed by atoms with van der Waals surface area (Å²) in [5, 5.41) is 12.8. The van der Waals surface area contributed by atoms with Gasteiger partial charge in [-0.25, -0.2) is 9.78 Å². The molecule has 0 saturated carbocycles. The van der Waals surface area contributed by atoms with E-state index >= 15 is 0 Å². The highest BCUT2D eigenvalue weighted by atomic mass is 32.1. The van der Waals surface area contributed by atoms with Gasteiger partial charge in [-0.2, -0.15) is 9.64 Å². The summed E-state index contributed by atoms with van der Waals surface area (Å²) in [7, 11) is 0. The van der Waals surface area contributed by atoms with E-state index in [1.165, 1.54) is 22.7 Å². The number of rotatable bonds is 4. The summed E-state index contributed by atoms with van der Waals surface area (Å²) >= 11 is 1.41. The first-order valence-electron chi connectivity index (χ1n) is 9.80. The van der Waals surface area contributed by atoms with Gasteiger partial charge in [-0.1, -0.05) is 35.9 Å². The monoisotopic (exact) mass is 418 g/mol. The fraction of sp³-hybridized carbons (Fsp3) is 0.273. The van der Waals surface area contributed by atoms with Crippen molar-refractivity contribution in [3.8, 4) is 6.07 Å². The highest BCUT2D eigenvalue weighted by Crippen LogP contribution is 2.21. The summed E-state index contributed by atoms with van der Waals surface area (Å²) in [6, 6.07) is 17.3. The van der Waals surface area contributed by atoms with Crippen molar-refractivity contribution in [1.82, 2.24) is 14.3 Å². The number of nitriles is 1. The molecule has 1 fully saturated rings. The molecule has 152 valence electrons. The van der Waals surface area contributed by atoms with Gasteiger partial charge in [0.15, 0.2) is 0 Å². The third-order valence-corrected chi connectivity index (χ3v) is 5.84. The maximum Gasteiger partial charge on any atom is 0.321 e. The predicted molar refractivity (Wildman–Crippen MR) is 118 cm³/mol. The second-order valence-corrected chi connectivity index (χ2v) is 7.98. The summed E-state index contributed by atoms with van der Waals surface area (Å²) in [6.07, 6.45) is 0.723. The Labute approximate surface area is 179 Å². The number of benzene rings is 2. The van der Waals surface area contributed by atoms with E-state index in [2.05, 4.69) is 51.8 Å². The number of aryl methyl sites for hydroxylation is 1. The zero-order valence-corrected chi connectivity index (χ0v) is 17.5. The van der Waals surface area contributed by atoms with Crippen LogP contribution in [0.1, 0.15) is 22.5 Å². The molecule has 1 aromatic heterocycles. The van der Waals surface area contributed by atoms with Crippen LogP contribution in [0.25, 0.3) is 0 Å². The number of nitrogens with one attached hydrogen (secondary N) is 1. The van der Waals surface area contributed by atoms with Crippen molar-refractivity contribution in [2.24, 2.45) is 0 Å². The number of aromatic nitrogens is 2. The van der Waals surface area contributed by atoms with Crippen molar-refractivity contribution < 1.29 is 4.79 Å². The number of anilines is 2. The Morgan fingerprint density at radius 3 is 2.67 bits per heavy atom. The second kappa shape index (κ2) is 8.93. The molecule has 1 saturated heterocycles. The molecule has 30 heavy (non-hydrogen) atoms. The number of hydrogen-bond donors (Lipinski definition) is 1. The number of carbonyl (C=O) groups excluding carboxylic acids is 1. The topological polar surface area (TPSA) is 85.2 Å². The van der Waals surface area contributed by atoms with Crippen molar-refractivity contribution in [2.75, 3.05) is 36.4 Å². The molecule has 1 aliphatic heterocycles. The maximum atomic E-state index is 12.5. The van der Waals surface area contributed by atoms with Gasteiger partial charge in [0.05, 0.1) is 11.6 Å². The second-order valence-electron chi connectivity index (χ2n) is 7.25. The molecule has 3 aromatic rings. The largest absolute Gasteiger partial charge is 0.343 e. The Balaban J connectivity index is 1.31. The summed E-state index contributed by atoms with van der Waals surface area (Å²) in [4.78, 5) is 21.2. The predicted octanol–water partition coefficient (Wildman–Crippen LogP) is 3.66. The normalized spacial score (nSPS) is 13.7. The van der Waals surface area contributed by atoms with Gasteiger partial charge in [0.25, 0.3) is 0 Å². The van der Waals surface area contributed by atoms with Crippen molar-refractivity contribution >= 4 is 28.4 Å². The van der Waals surface area contributed by atoms with Crippen LogP contribution in [0.15, 0.2) is 48.5 Å². The van der Waals surface area contributed by atoms with Crippen LogP contribution in [-0.4, -0.2) is 46.5 Å². The quantitative estimate of drug-likeness (QED) is 0.699. The Bertz CT molecular complexity index is 1060. The van der Waals surface area contributed by atoms with Gasteiger partial charge in [0.2, 0.25) is 5.13 Å². The average molecular weight is 419 g/mol. The fourth-order valence-electron chi connectivity index (χ4n) is 3.30. The van der Waals surface area contributed by atoms with E-state index in [-0.39, 0.29) is 6.03 Å². The minimum Gasteiger partial charge on any atom is -0.343 e. The standard InChI is InChI=1S/C22H22N6OS/c1-16-5-7-17(8-6-16)14-20-25-22(30-26-20)28-11-9-27(10-12-28)21(29)24-19-4-2-3-18(13-19)15-23/h2-8,13H,9-12,14H2,1H3,(H,24,29). The van der Waals surface area contributed by atoms with Crippen LogP contribution in [0.4, 0.5) is 15.6 Å². The molecule has 4 rings (SSSR count). The smallest absolute Gasteiger partial charge is 0.321 e. The van der Waals surface area contributed by atoms with E-state index in [0.29, 0.717) is 37.4 Å². The molecule has 1 N–H and O–H groups in total. The lowest BCUT2D eigenvalue weighted by Gasteiger charge is -2.34. The molecule has 2 aromatic carbocycles. The molecular weight excluding hydrogens is 396 g/mol. The van der Waals surface area contributed by atoms with Crippen molar-refractivity contribution in [1.29, 1.82) is 5.26 Å². The SMILES string of the molecule is Cc1ccc(Cc2nsc(N3CCN(C(=O)Nc4cccc(C#N)c4)CC3)n2)cc1. The van der Waals surface area contributed by atoms with E-state index in [9.17, 15) is 4.79 Å². The first-order valence-corrected chi connectivity index (χ1v) is 10.6. The molecule has 2 heterocycles. The number of carbonyl (C=O) groups is 1. The van der Waals surface area contributed by atoms with Gasteiger partial charge in [0, 0.05) is 49.8 Å². The Morgan fingerprint density at radius 2 is 1.93 bits per heavy atom. The van der Waals surface area contributed by atoms with Gasteiger partial charge in [-0.15, -0.1) is 0 Å². The zero-order chi connectivity index (χ0) is 20.9. The lowest BCUT2D eigenvalue weighted by Crippen LogP contribution is -2.50. The van der Waals surface area contributed by atoms with Crippen LogP contribution < -0.4 is 10.2 Å². The molecule has 2 amide bonds. The molecule has 1 aliphatic rings. The third-order valence-electron chi connectivity index (χ3n) is 5.02. The number of urea groups is 1. The van der Waals surface area contributed by atoms with Crippen LogP contribution in [-0.2, 0) is 6.42 Å². The fourth-order valence-corrected chi connectivity index (χ4v) is 4.04. The van der Waals surface area contributed by atoms with E-state index in [0.717, 1.165) is 17.4 Å². The Hall–Kier alpha value is -3.44. The molecule has 0 aliphatic carbocycles. The van der Waals surface area contributed by atoms with Crippen LogP contribution in [0.2, 0.25) is 0 Å². The minimum absolute atomic E-state index is 0.151. The number of nitrogens with zero attached hydrogens (tertiary/aromatic N) is 5. The van der Waals surface area contributed by atoms with E-state index in [1.54, 1.807) is 29.2 Å². The number of hydrogen-bond acceptors (Lipinski definition) is 6.